The third-order valence-electron chi connectivity index (χ3n) is 5.10. The molecule has 0 radical (unpaired) electrons. The Morgan fingerprint density at radius 3 is 2.59 bits per heavy atom. The maximum absolute atomic E-state index is 13.1. The molecule has 3 amide bonds. The second-order valence-corrected chi connectivity index (χ2v) is 6.76. The average molecular weight is 372 g/mol. The van der Waals surface area contributed by atoms with Crippen molar-refractivity contribution in [3.63, 3.8) is 0 Å². The summed E-state index contributed by atoms with van der Waals surface area (Å²) in [6.45, 7) is 3.60. The highest BCUT2D eigenvalue weighted by atomic mass is 19.1. The van der Waals surface area contributed by atoms with E-state index >= 15 is 0 Å². The molecule has 0 saturated carbocycles. The highest BCUT2D eigenvalue weighted by Gasteiger charge is 2.45. The number of nitrogens with zero attached hydrogens (tertiary/aromatic N) is 4. The number of halogens is 1. The molecule has 3 heterocycles. The van der Waals surface area contributed by atoms with Crippen LogP contribution in [0.4, 0.5) is 14.9 Å². The quantitative estimate of drug-likeness (QED) is 0.859. The zero-order chi connectivity index (χ0) is 19.0. The van der Waals surface area contributed by atoms with Crippen LogP contribution < -0.4 is 15.8 Å². The molecule has 1 aromatic heterocycles. The van der Waals surface area contributed by atoms with E-state index < -0.39 is 5.66 Å². The van der Waals surface area contributed by atoms with Crippen LogP contribution in [0.25, 0.3) is 0 Å². The molecule has 2 aliphatic rings. The first kappa shape index (κ1) is 17.5. The first-order valence-electron chi connectivity index (χ1n) is 8.98. The van der Waals surface area contributed by atoms with Crippen molar-refractivity contribution in [1.29, 1.82) is 0 Å². The number of hydrazine groups is 1. The normalized spacial score (nSPS) is 18.8. The van der Waals surface area contributed by atoms with Crippen LogP contribution >= 0.6 is 0 Å². The fourth-order valence-electron chi connectivity index (χ4n) is 3.58. The minimum Gasteiger partial charge on any atom is -0.337 e. The Balaban J connectivity index is 1.43. The molecule has 2 saturated heterocycles. The maximum atomic E-state index is 13.1. The van der Waals surface area contributed by atoms with Gasteiger partial charge in [0.2, 0.25) is 0 Å². The van der Waals surface area contributed by atoms with E-state index in [1.54, 1.807) is 34.0 Å². The smallest absolute Gasteiger partial charge is 0.337 e. The summed E-state index contributed by atoms with van der Waals surface area (Å²) in [4.78, 5) is 26.9. The Morgan fingerprint density at radius 1 is 1.22 bits per heavy atom. The summed E-state index contributed by atoms with van der Waals surface area (Å²) in [6.07, 6.45) is 2.77. The second-order valence-electron chi connectivity index (χ2n) is 6.76. The van der Waals surface area contributed by atoms with Crippen molar-refractivity contribution in [1.82, 2.24) is 25.4 Å². The highest BCUT2D eigenvalue weighted by Crippen LogP contribution is 2.28. The van der Waals surface area contributed by atoms with E-state index in [1.807, 2.05) is 6.92 Å². The molecule has 4 rings (SSSR count). The Labute approximate surface area is 155 Å². The third-order valence-corrected chi connectivity index (χ3v) is 5.10. The van der Waals surface area contributed by atoms with Crippen LogP contribution in [0.1, 0.15) is 30.3 Å². The van der Waals surface area contributed by atoms with Crippen LogP contribution in [0.2, 0.25) is 0 Å². The van der Waals surface area contributed by atoms with Crippen molar-refractivity contribution < 1.29 is 14.0 Å². The van der Waals surface area contributed by atoms with Gasteiger partial charge >= 0.3 is 6.03 Å². The minimum atomic E-state index is -0.604. The summed E-state index contributed by atoms with van der Waals surface area (Å²) in [5.74, 6) is -0.407. The zero-order valence-electron chi connectivity index (χ0n) is 15.0. The van der Waals surface area contributed by atoms with E-state index in [1.165, 1.54) is 17.1 Å². The molecule has 0 atom stereocenters. The van der Waals surface area contributed by atoms with E-state index in [9.17, 15) is 14.0 Å². The second kappa shape index (κ2) is 6.66. The topological polar surface area (TPSA) is 82.5 Å². The van der Waals surface area contributed by atoms with Crippen LogP contribution in [0.15, 0.2) is 36.5 Å². The minimum absolute atomic E-state index is 0.0519. The van der Waals surface area contributed by atoms with Gasteiger partial charge in [-0.1, -0.05) is 0 Å². The molecule has 2 fully saturated rings. The lowest BCUT2D eigenvalue weighted by Gasteiger charge is -2.38. The van der Waals surface area contributed by atoms with Gasteiger partial charge in [-0.15, -0.1) is 0 Å². The van der Waals surface area contributed by atoms with Gasteiger partial charge in [0.25, 0.3) is 5.91 Å². The van der Waals surface area contributed by atoms with E-state index in [0.717, 1.165) is 0 Å². The Hall–Kier alpha value is -2.94. The fraction of sp³-hybridized carbons (Fsp3) is 0.389. The number of hydrogen-bond acceptors (Lipinski definition) is 4. The summed E-state index contributed by atoms with van der Waals surface area (Å²) in [5.41, 5.74) is 3.74. The molecular formula is C18H21FN6O2. The lowest BCUT2D eigenvalue weighted by molar-refractivity contribution is 0.0628. The van der Waals surface area contributed by atoms with Crippen LogP contribution in [0.3, 0.4) is 0 Å². The number of benzene rings is 1. The zero-order valence-corrected chi connectivity index (χ0v) is 15.0. The predicted octanol–water partition coefficient (Wildman–Crippen LogP) is 1.71. The van der Waals surface area contributed by atoms with Crippen LogP contribution in [0, 0.1) is 5.82 Å². The van der Waals surface area contributed by atoms with Crippen LogP contribution in [0.5, 0.6) is 0 Å². The van der Waals surface area contributed by atoms with Crippen LogP contribution in [-0.2, 0) is 6.54 Å². The summed E-state index contributed by atoms with van der Waals surface area (Å²) in [6, 6.07) is 7.16. The number of anilines is 1. The molecule has 1 spiro atoms. The van der Waals surface area contributed by atoms with E-state index in [2.05, 4.69) is 15.8 Å². The van der Waals surface area contributed by atoms with Crippen molar-refractivity contribution >= 4 is 17.6 Å². The molecule has 1 aromatic carbocycles. The van der Waals surface area contributed by atoms with Crippen molar-refractivity contribution in [3.05, 3.63) is 48.0 Å². The van der Waals surface area contributed by atoms with E-state index in [-0.39, 0.29) is 17.8 Å². The van der Waals surface area contributed by atoms with Gasteiger partial charge < -0.3 is 10.2 Å². The molecule has 0 unspecified atom stereocenters. The number of nitrogens with one attached hydrogen (secondary N) is 2. The maximum Gasteiger partial charge on any atom is 0.338 e. The number of rotatable bonds is 3. The lowest BCUT2D eigenvalue weighted by atomic mass is 9.98. The van der Waals surface area contributed by atoms with Gasteiger partial charge in [-0.25, -0.2) is 19.6 Å². The van der Waals surface area contributed by atoms with E-state index in [0.29, 0.717) is 43.9 Å². The predicted molar refractivity (Wildman–Crippen MR) is 96.3 cm³/mol. The van der Waals surface area contributed by atoms with Gasteiger partial charge in [-0.05, 0) is 37.3 Å². The van der Waals surface area contributed by atoms with Gasteiger partial charge in [-0.2, -0.15) is 5.10 Å². The number of aryl methyl sites for hydroxylation is 1. The van der Waals surface area contributed by atoms with Crippen molar-refractivity contribution in [2.45, 2.75) is 32.0 Å². The Kier molecular flexibility index (Phi) is 4.31. The summed E-state index contributed by atoms with van der Waals surface area (Å²) in [5, 5.41) is 8.52. The van der Waals surface area contributed by atoms with Crippen molar-refractivity contribution in [3.8, 4) is 0 Å². The molecular weight excluding hydrogens is 351 g/mol. The molecule has 2 N–H and O–H groups in total. The van der Waals surface area contributed by atoms with Crippen LogP contribution in [-0.4, -0.2) is 45.4 Å². The van der Waals surface area contributed by atoms with Gasteiger partial charge in [-0.3, -0.25) is 9.48 Å². The fourth-order valence-corrected chi connectivity index (χ4v) is 3.58. The molecule has 8 nitrogen and oxygen atoms in total. The average Bonchev–Trinajstić information content (AvgIpc) is 3.27. The largest absolute Gasteiger partial charge is 0.338 e. The first-order chi connectivity index (χ1) is 13.0. The molecule has 9 heteroatoms. The number of amides is 3. The van der Waals surface area contributed by atoms with Crippen molar-refractivity contribution in [2.24, 2.45) is 0 Å². The number of hydrogen-bond donors (Lipinski definition) is 2. The monoisotopic (exact) mass is 372 g/mol. The lowest BCUT2D eigenvalue weighted by Crippen LogP contribution is -2.58. The van der Waals surface area contributed by atoms with Gasteiger partial charge in [0, 0.05) is 38.7 Å². The standard InChI is InChI=1S/C18H21FN6O2/c1-2-24-15(7-10-20-24)16(26)23-11-8-18(9-12-23)21-17(27)25(22-18)14-5-3-13(19)4-6-14/h3-7,10,22H,2,8-9,11-12H2,1H3,(H,21,27). The van der Waals surface area contributed by atoms with Crippen molar-refractivity contribution in [2.75, 3.05) is 18.1 Å². The van der Waals surface area contributed by atoms with Gasteiger partial charge in [0.1, 0.15) is 17.2 Å². The third kappa shape index (κ3) is 3.14. The summed E-state index contributed by atoms with van der Waals surface area (Å²) in [7, 11) is 0. The summed E-state index contributed by atoms with van der Waals surface area (Å²) >= 11 is 0. The first-order valence-corrected chi connectivity index (χ1v) is 8.98. The number of urea groups is 1. The Bertz CT molecular complexity index is 857. The highest BCUT2D eigenvalue weighted by molar-refractivity contribution is 5.94. The number of aromatic nitrogens is 2. The molecule has 0 aliphatic carbocycles. The SMILES string of the molecule is CCn1nccc1C(=O)N1CCC2(CC1)NC(=O)N(c1ccc(F)cc1)N2. The molecule has 142 valence electrons. The number of carbonyl (C=O) groups excluding carboxylic acids is 2. The number of piperidine rings is 1. The molecule has 0 bridgehead atoms. The van der Waals surface area contributed by atoms with E-state index in [4.69, 9.17) is 0 Å². The summed E-state index contributed by atoms with van der Waals surface area (Å²) < 4.78 is 14.8. The molecule has 27 heavy (non-hydrogen) atoms. The molecule has 2 aromatic rings. The van der Waals surface area contributed by atoms with Gasteiger partial charge in [0.05, 0.1) is 5.69 Å². The van der Waals surface area contributed by atoms with Gasteiger partial charge in [0.15, 0.2) is 0 Å². The number of carbonyl (C=O) groups is 2. The molecule has 2 aliphatic heterocycles. The number of likely N-dealkylation sites (tertiary alicyclic amines) is 1. The Morgan fingerprint density at radius 2 is 1.93 bits per heavy atom.